The molecule has 0 amide bonds. The molecule has 0 radical (unpaired) electrons. The molecule has 3 heterocycles. The molecule has 3 nitrogen and oxygen atoms in total. The Morgan fingerprint density at radius 3 is 1.29 bits per heavy atom. The maximum Gasteiger partial charge on any atom is 0.0541 e. The third-order valence-electron chi connectivity index (χ3n) is 14.0. The van der Waals surface area contributed by atoms with Gasteiger partial charge in [-0.05, 0) is 136 Å². The van der Waals surface area contributed by atoms with Gasteiger partial charge >= 0.3 is 0 Å². The van der Waals surface area contributed by atoms with E-state index in [1.54, 1.807) is 0 Å². The molecule has 0 saturated heterocycles. The number of rotatable bonds is 5. The molecule has 302 valence electrons. The summed E-state index contributed by atoms with van der Waals surface area (Å²) in [5.74, 6) is 0. The van der Waals surface area contributed by atoms with E-state index >= 15 is 0 Å². The van der Waals surface area contributed by atoms with E-state index in [1.807, 2.05) is 0 Å². The van der Waals surface area contributed by atoms with E-state index in [-0.39, 0.29) is 10.8 Å². The number of hydrogen-bond donors (Lipinski definition) is 0. The Balaban J connectivity index is 0.940. The Morgan fingerprint density at radius 2 is 0.698 bits per heavy atom. The molecule has 10 aromatic rings. The van der Waals surface area contributed by atoms with Gasteiger partial charge in [0.15, 0.2) is 0 Å². The second kappa shape index (κ2) is 14.0. The fourth-order valence-electron chi connectivity index (χ4n) is 10.7. The lowest BCUT2D eigenvalue weighted by atomic mass is 9.71. The van der Waals surface area contributed by atoms with Gasteiger partial charge in [0.1, 0.15) is 0 Å². The molecular formula is C60H47N3. The molecule has 9 aromatic carbocycles. The molecular weight excluding hydrogens is 763 g/mol. The second-order valence-electron chi connectivity index (χ2n) is 18.2. The van der Waals surface area contributed by atoms with Gasteiger partial charge in [0.05, 0.1) is 33.8 Å². The number of hydrogen-bond acceptors (Lipinski definition) is 2. The van der Waals surface area contributed by atoms with E-state index in [0.29, 0.717) is 0 Å². The highest BCUT2D eigenvalue weighted by molar-refractivity contribution is 6.10. The van der Waals surface area contributed by atoms with Crippen molar-refractivity contribution in [2.45, 2.75) is 38.5 Å². The fraction of sp³-hybridized carbons (Fsp3) is 0.100. The van der Waals surface area contributed by atoms with Gasteiger partial charge < -0.3 is 14.4 Å². The minimum atomic E-state index is -0.219. The molecule has 63 heavy (non-hydrogen) atoms. The van der Waals surface area contributed by atoms with Gasteiger partial charge in [-0.2, -0.15) is 0 Å². The van der Waals surface area contributed by atoms with Crippen LogP contribution < -0.4 is 9.80 Å². The molecule has 2 aliphatic heterocycles. The molecule has 1 aromatic heterocycles. The fourth-order valence-corrected chi connectivity index (χ4v) is 10.7. The highest BCUT2D eigenvalue weighted by Gasteiger charge is 2.39. The first kappa shape index (κ1) is 37.2. The van der Waals surface area contributed by atoms with Crippen LogP contribution in [0.5, 0.6) is 0 Å². The van der Waals surface area contributed by atoms with E-state index in [0.717, 1.165) is 5.69 Å². The first-order valence-corrected chi connectivity index (χ1v) is 22.1. The van der Waals surface area contributed by atoms with Crippen molar-refractivity contribution in [3.63, 3.8) is 0 Å². The monoisotopic (exact) mass is 809 g/mol. The van der Waals surface area contributed by atoms with Crippen LogP contribution in [0.1, 0.15) is 49.9 Å². The largest absolute Gasteiger partial charge is 0.310 e. The summed E-state index contributed by atoms with van der Waals surface area (Å²) >= 11 is 0. The van der Waals surface area contributed by atoms with Gasteiger partial charge in [-0.15, -0.1) is 0 Å². The standard InChI is InChI=1S/C60H47N3/c1-59(2)49-22-12-15-25-55(49)62(45-19-9-6-10-20-45)57-35-30-42(38-51(57)59)43-31-36-58-52(39-43)60(3,4)50-23-13-16-26-56(50)63(58)46-32-27-40(28-33-46)41-29-34-54-48(37-41)47-21-11-14-24-53(47)61(54)44-17-7-5-8-18-44/h5-39H,1-4H3. The van der Waals surface area contributed by atoms with Gasteiger partial charge in [0.2, 0.25) is 0 Å². The highest BCUT2D eigenvalue weighted by Crippen LogP contribution is 2.55. The van der Waals surface area contributed by atoms with Crippen molar-refractivity contribution in [2.75, 3.05) is 9.80 Å². The molecule has 0 fully saturated rings. The number of para-hydroxylation sites is 5. The van der Waals surface area contributed by atoms with Crippen LogP contribution in [-0.2, 0) is 10.8 Å². The normalized spacial score (nSPS) is 14.5. The molecule has 3 heteroatoms. The second-order valence-corrected chi connectivity index (χ2v) is 18.2. The topological polar surface area (TPSA) is 11.4 Å². The predicted octanol–water partition coefficient (Wildman–Crippen LogP) is 16.3. The summed E-state index contributed by atoms with van der Waals surface area (Å²) < 4.78 is 2.38. The van der Waals surface area contributed by atoms with Crippen molar-refractivity contribution in [3.05, 3.63) is 235 Å². The third kappa shape index (κ3) is 5.66. The van der Waals surface area contributed by atoms with Crippen LogP contribution in [0.25, 0.3) is 49.7 Å². The maximum atomic E-state index is 2.46. The maximum absolute atomic E-state index is 2.46. The summed E-state index contributed by atoms with van der Waals surface area (Å²) in [5, 5.41) is 2.52. The third-order valence-corrected chi connectivity index (χ3v) is 14.0. The quantitative estimate of drug-likeness (QED) is 0.172. The number of anilines is 6. The minimum absolute atomic E-state index is 0.185. The van der Waals surface area contributed by atoms with Crippen LogP contribution in [0, 0.1) is 0 Å². The molecule has 12 rings (SSSR count). The number of benzene rings is 9. The number of nitrogens with zero attached hydrogens (tertiary/aromatic N) is 3. The average Bonchev–Trinajstić information content (AvgIpc) is 3.66. The Bertz CT molecular complexity index is 3390. The van der Waals surface area contributed by atoms with Gasteiger partial charge in [-0.25, -0.2) is 0 Å². The molecule has 0 unspecified atom stereocenters. The summed E-state index contributed by atoms with van der Waals surface area (Å²) in [5.41, 5.74) is 20.6. The van der Waals surface area contributed by atoms with Crippen LogP contribution in [0.2, 0.25) is 0 Å². The van der Waals surface area contributed by atoms with Crippen LogP contribution >= 0.6 is 0 Å². The summed E-state index contributed by atoms with van der Waals surface area (Å²) in [4.78, 5) is 4.89. The molecule has 2 aliphatic rings. The Hall–Kier alpha value is -7.62. The van der Waals surface area contributed by atoms with Crippen molar-refractivity contribution < 1.29 is 0 Å². The lowest BCUT2D eigenvalue weighted by Crippen LogP contribution is -2.31. The van der Waals surface area contributed by atoms with Crippen LogP contribution in [-0.4, -0.2) is 4.57 Å². The summed E-state index contributed by atoms with van der Waals surface area (Å²) in [7, 11) is 0. The van der Waals surface area contributed by atoms with Crippen molar-refractivity contribution in [3.8, 4) is 27.9 Å². The lowest BCUT2D eigenvalue weighted by molar-refractivity contribution is 0.631. The molecule has 0 bridgehead atoms. The van der Waals surface area contributed by atoms with Crippen molar-refractivity contribution in [1.82, 2.24) is 4.57 Å². The van der Waals surface area contributed by atoms with Gasteiger partial charge in [0, 0.05) is 38.7 Å². The van der Waals surface area contributed by atoms with Gasteiger partial charge in [-0.3, -0.25) is 0 Å². The molecule has 0 atom stereocenters. The summed E-state index contributed by atoms with van der Waals surface area (Å²) in [6.07, 6.45) is 0. The van der Waals surface area contributed by atoms with Crippen LogP contribution in [0.3, 0.4) is 0 Å². The summed E-state index contributed by atoms with van der Waals surface area (Å²) in [6.45, 7) is 9.50. The van der Waals surface area contributed by atoms with Crippen molar-refractivity contribution in [2.24, 2.45) is 0 Å². The first-order chi connectivity index (χ1) is 30.8. The average molecular weight is 810 g/mol. The lowest BCUT2D eigenvalue weighted by Gasteiger charge is -2.43. The predicted molar refractivity (Wildman–Crippen MR) is 265 cm³/mol. The zero-order chi connectivity index (χ0) is 42.5. The van der Waals surface area contributed by atoms with E-state index in [2.05, 4.69) is 254 Å². The van der Waals surface area contributed by atoms with Crippen molar-refractivity contribution >= 4 is 55.9 Å². The number of fused-ring (bicyclic) bond motifs is 7. The van der Waals surface area contributed by atoms with E-state index in [4.69, 9.17) is 0 Å². The smallest absolute Gasteiger partial charge is 0.0541 e. The first-order valence-electron chi connectivity index (χ1n) is 22.1. The zero-order valence-electron chi connectivity index (χ0n) is 36.0. The van der Waals surface area contributed by atoms with E-state index < -0.39 is 0 Å². The summed E-state index contributed by atoms with van der Waals surface area (Å²) in [6, 6.07) is 78.3. The van der Waals surface area contributed by atoms with Crippen molar-refractivity contribution in [1.29, 1.82) is 0 Å². The Morgan fingerprint density at radius 1 is 0.286 bits per heavy atom. The van der Waals surface area contributed by atoms with E-state index in [9.17, 15) is 0 Å². The molecule has 0 spiro atoms. The highest BCUT2D eigenvalue weighted by atomic mass is 15.2. The minimum Gasteiger partial charge on any atom is -0.310 e. The molecule has 0 saturated carbocycles. The Labute approximate surface area is 369 Å². The van der Waals surface area contributed by atoms with Gasteiger partial charge in [-0.1, -0.05) is 149 Å². The van der Waals surface area contributed by atoms with Crippen LogP contribution in [0.15, 0.2) is 212 Å². The molecule has 0 aliphatic carbocycles. The van der Waals surface area contributed by atoms with E-state index in [1.165, 1.54) is 100 Å². The molecule has 0 N–H and O–H groups in total. The zero-order valence-corrected chi connectivity index (χ0v) is 36.0. The van der Waals surface area contributed by atoms with Gasteiger partial charge in [0.25, 0.3) is 0 Å². The van der Waals surface area contributed by atoms with Crippen LogP contribution in [0.4, 0.5) is 34.1 Å². The number of aromatic nitrogens is 1. The Kier molecular flexibility index (Phi) is 8.23. The SMILES string of the molecule is CC1(C)c2ccccc2N(c2ccccc2)c2ccc(-c3ccc4c(c3)C(C)(C)c3ccccc3N4c3ccc(-c4ccc5c(c4)c4ccccc4n5-c4ccccc4)cc3)cc21.